The minimum Gasteiger partial charge on any atom is -0.493 e. The van der Waals surface area contributed by atoms with Gasteiger partial charge < -0.3 is 14.5 Å². The van der Waals surface area contributed by atoms with Crippen molar-refractivity contribution < 1.29 is 19.1 Å². The first-order valence-corrected chi connectivity index (χ1v) is 8.05. The molecule has 1 aromatic carbocycles. The average molecular weight is 353 g/mol. The summed E-state index contributed by atoms with van der Waals surface area (Å²) in [5.41, 5.74) is 2.93. The Kier molecular flexibility index (Phi) is 4.88. The van der Waals surface area contributed by atoms with Crippen molar-refractivity contribution in [1.29, 1.82) is 0 Å². The fourth-order valence-corrected chi connectivity index (χ4v) is 2.65. The van der Waals surface area contributed by atoms with E-state index in [2.05, 4.69) is 10.1 Å². The molecular formula is C19H19N3O4. The van der Waals surface area contributed by atoms with Crippen LogP contribution in [0.3, 0.4) is 0 Å². The molecule has 0 aliphatic carbocycles. The molecule has 0 unspecified atom stereocenters. The number of rotatable bonds is 6. The van der Waals surface area contributed by atoms with Crippen LogP contribution >= 0.6 is 0 Å². The number of benzene rings is 1. The van der Waals surface area contributed by atoms with Gasteiger partial charge in [-0.25, -0.2) is 9.48 Å². The molecule has 0 atom stereocenters. The lowest BCUT2D eigenvalue weighted by Gasteiger charge is -2.03. The molecule has 0 aliphatic rings. The van der Waals surface area contributed by atoms with Crippen LogP contribution in [0.4, 0.5) is 0 Å². The molecule has 0 aliphatic heterocycles. The number of nitrogens with one attached hydrogen (secondary N) is 1. The van der Waals surface area contributed by atoms with Gasteiger partial charge in [-0.15, -0.1) is 0 Å². The van der Waals surface area contributed by atoms with E-state index in [4.69, 9.17) is 9.47 Å². The molecule has 7 heteroatoms. The van der Waals surface area contributed by atoms with Crippen molar-refractivity contribution in [3.63, 3.8) is 0 Å². The lowest BCUT2D eigenvalue weighted by atomic mass is 10.1. The smallest absolute Gasteiger partial charge is 0.363 e. The van der Waals surface area contributed by atoms with Gasteiger partial charge in [0, 0.05) is 17.0 Å². The van der Waals surface area contributed by atoms with Gasteiger partial charge in [-0.3, -0.25) is 4.79 Å². The molecule has 0 saturated heterocycles. The number of esters is 1. The van der Waals surface area contributed by atoms with Gasteiger partial charge in [0.2, 0.25) is 11.5 Å². The minimum absolute atomic E-state index is 0.0196. The van der Waals surface area contributed by atoms with Crippen molar-refractivity contribution in [2.24, 2.45) is 0 Å². The van der Waals surface area contributed by atoms with Crippen LogP contribution in [0.2, 0.25) is 0 Å². The predicted molar refractivity (Wildman–Crippen MR) is 95.0 cm³/mol. The second-order valence-corrected chi connectivity index (χ2v) is 5.82. The van der Waals surface area contributed by atoms with Crippen LogP contribution in [0.15, 0.2) is 42.6 Å². The molecule has 2 heterocycles. The molecule has 1 N–H and O–H groups in total. The zero-order chi connectivity index (χ0) is 18.7. The summed E-state index contributed by atoms with van der Waals surface area (Å²) in [6.45, 7) is 3.29. The summed E-state index contributed by atoms with van der Waals surface area (Å²) in [4.78, 5) is 27.6. The standard InChI is InChI=1S/C19H19N3O4/c1-12-9-15(13(2)20-12)16(23)11-26-19(24)18-17(25-3)10-22(21-18)14-7-5-4-6-8-14/h4-10,20H,11H2,1-3H3. The number of Topliss-reactive ketones (excluding diaryl/α,β-unsaturated/α-hetero) is 1. The molecular weight excluding hydrogens is 334 g/mol. The number of carbonyl (C=O) groups excluding carboxylic acids is 2. The van der Waals surface area contributed by atoms with Crippen LogP contribution in [0, 0.1) is 13.8 Å². The summed E-state index contributed by atoms with van der Waals surface area (Å²) >= 11 is 0. The van der Waals surface area contributed by atoms with Crippen molar-refractivity contribution in [3.8, 4) is 11.4 Å². The SMILES string of the molecule is COc1cn(-c2ccccc2)nc1C(=O)OCC(=O)c1cc(C)[nH]c1C. The number of hydrogen-bond donors (Lipinski definition) is 1. The fraction of sp³-hybridized carbons (Fsp3) is 0.211. The average Bonchev–Trinajstić information content (AvgIpc) is 3.23. The van der Waals surface area contributed by atoms with Crippen LogP contribution in [0.5, 0.6) is 5.75 Å². The van der Waals surface area contributed by atoms with Crippen LogP contribution in [0.1, 0.15) is 32.2 Å². The fourth-order valence-electron chi connectivity index (χ4n) is 2.65. The van der Waals surface area contributed by atoms with E-state index in [9.17, 15) is 9.59 Å². The van der Waals surface area contributed by atoms with Gasteiger partial charge in [0.15, 0.2) is 12.4 Å². The molecule has 0 amide bonds. The van der Waals surface area contributed by atoms with Gasteiger partial charge in [-0.2, -0.15) is 5.10 Å². The molecule has 0 saturated carbocycles. The van der Waals surface area contributed by atoms with Crippen molar-refractivity contribution in [2.45, 2.75) is 13.8 Å². The van der Waals surface area contributed by atoms with Gasteiger partial charge in [-0.1, -0.05) is 18.2 Å². The first-order valence-electron chi connectivity index (χ1n) is 8.05. The molecule has 0 radical (unpaired) electrons. The number of aromatic amines is 1. The van der Waals surface area contributed by atoms with E-state index in [1.54, 1.807) is 19.2 Å². The first kappa shape index (κ1) is 17.5. The van der Waals surface area contributed by atoms with Crippen molar-refractivity contribution in [1.82, 2.24) is 14.8 Å². The minimum atomic E-state index is -0.713. The van der Waals surface area contributed by atoms with Gasteiger partial charge >= 0.3 is 5.97 Å². The molecule has 7 nitrogen and oxygen atoms in total. The third kappa shape index (κ3) is 3.51. The van der Waals surface area contributed by atoms with E-state index >= 15 is 0 Å². The second kappa shape index (κ2) is 7.26. The first-order chi connectivity index (χ1) is 12.5. The van der Waals surface area contributed by atoms with E-state index in [-0.39, 0.29) is 23.8 Å². The number of methoxy groups -OCH3 is 1. The van der Waals surface area contributed by atoms with Crippen LogP contribution in [0.25, 0.3) is 5.69 Å². The Morgan fingerprint density at radius 3 is 2.54 bits per heavy atom. The van der Waals surface area contributed by atoms with E-state index < -0.39 is 5.97 Å². The molecule has 2 aromatic heterocycles. The maximum atomic E-state index is 12.4. The van der Waals surface area contributed by atoms with E-state index in [1.165, 1.54) is 11.8 Å². The van der Waals surface area contributed by atoms with Crippen LogP contribution in [-0.2, 0) is 4.74 Å². The lowest BCUT2D eigenvalue weighted by Crippen LogP contribution is -2.15. The Labute approximate surface area is 150 Å². The van der Waals surface area contributed by atoms with E-state index in [0.29, 0.717) is 5.56 Å². The topological polar surface area (TPSA) is 86.2 Å². The number of para-hydroxylation sites is 1. The molecule has 3 rings (SSSR count). The Morgan fingerprint density at radius 1 is 1.19 bits per heavy atom. The Bertz CT molecular complexity index is 941. The summed E-state index contributed by atoms with van der Waals surface area (Å²) in [5.74, 6) is -0.712. The summed E-state index contributed by atoms with van der Waals surface area (Å²) in [6, 6.07) is 11.0. The second-order valence-electron chi connectivity index (χ2n) is 5.82. The number of ketones is 1. The summed E-state index contributed by atoms with van der Waals surface area (Å²) in [5, 5.41) is 4.22. The van der Waals surface area contributed by atoms with Gasteiger partial charge in [0.25, 0.3) is 0 Å². The lowest BCUT2D eigenvalue weighted by molar-refractivity contribution is 0.0465. The highest BCUT2D eigenvalue weighted by Gasteiger charge is 2.22. The summed E-state index contributed by atoms with van der Waals surface area (Å²) in [7, 11) is 1.44. The normalized spacial score (nSPS) is 10.6. The highest BCUT2D eigenvalue weighted by Crippen LogP contribution is 2.20. The van der Waals surface area contributed by atoms with E-state index in [0.717, 1.165) is 17.1 Å². The zero-order valence-corrected chi connectivity index (χ0v) is 14.8. The molecule has 0 bridgehead atoms. The van der Waals surface area contributed by atoms with Crippen molar-refractivity contribution in [2.75, 3.05) is 13.7 Å². The monoisotopic (exact) mass is 353 g/mol. The largest absolute Gasteiger partial charge is 0.493 e. The maximum absolute atomic E-state index is 12.4. The number of H-pyrrole nitrogens is 1. The van der Waals surface area contributed by atoms with Crippen molar-refractivity contribution >= 4 is 11.8 Å². The number of ether oxygens (including phenoxy) is 2. The zero-order valence-electron chi connectivity index (χ0n) is 14.8. The maximum Gasteiger partial charge on any atom is 0.363 e. The van der Waals surface area contributed by atoms with Crippen LogP contribution in [-0.4, -0.2) is 40.2 Å². The number of hydrogen-bond acceptors (Lipinski definition) is 5. The molecule has 0 spiro atoms. The number of aryl methyl sites for hydroxylation is 2. The summed E-state index contributed by atoms with van der Waals surface area (Å²) < 4.78 is 11.9. The Balaban J connectivity index is 1.74. The molecule has 26 heavy (non-hydrogen) atoms. The number of nitrogens with zero attached hydrogens (tertiary/aromatic N) is 2. The summed E-state index contributed by atoms with van der Waals surface area (Å²) in [6.07, 6.45) is 1.59. The third-order valence-corrected chi connectivity index (χ3v) is 3.90. The number of carbonyl (C=O) groups is 2. The van der Waals surface area contributed by atoms with E-state index in [1.807, 2.05) is 37.3 Å². The highest BCUT2D eigenvalue weighted by molar-refractivity contribution is 6.00. The Hall–Kier alpha value is -3.35. The third-order valence-electron chi connectivity index (χ3n) is 3.90. The molecule has 0 fully saturated rings. The van der Waals surface area contributed by atoms with Gasteiger partial charge in [0.1, 0.15) is 0 Å². The molecule has 134 valence electrons. The predicted octanol–water partition coefficient (Wildman–Crippen LogP) is 2.87. The van der Waals surface area contributed by atoms with Gasteiger partial charge in [-0.05, 0) is 32.0 Å². The highest BCUT2D eigenvalue weighted by atomic mass is 16.5. The number of aromatic nitrogens is 3. The quantitative estimate of drug-likeness (QED) is 0.544. The van der Waals surface area contributed by atoms with Gasteiger partial charge in [0.05, 0.1) is 19.0 Å². The van der Waals surface area contributed by atoms with Crippen LogP contribution < -0.4 is 4.74 Å². The molecule has 3 aromatic rings. The Morgan fingerprint density at radius 2 is 1.92 bits per heavy atom. The van der Waals surface area contributed by atoms with Crippen molar-refractivity contribution in [3.05, 3.63) is 65.2 Å².